The quantitative estimate of drug-likeness (QED) is 0.484. The highest BCUT2D eigenvalue weighted by atomic mass is 32.2. The standard InChI is InChI=1S/C26H22N2O6S/c1-15(2)34-20-9-7-16-5-3-4-6-18(16)19(20)12-23-25(30)28(26(31)35-23)13-24(29)27-17-8-10-21-22(11-17)33-14-32-21/h3-12,15H,13-14H2,1-2H3,(H,27,29)/b23-12-. The van der Waals surface area contributed by atoms with Crippen molar-refractivity contribution in [2.24, 2.45) is 0 Å². The number of fused-ring (bicyclic) bond motifs is 2. The average Bonchev–Trinajstić information content (AvgIpc) is 3.40. The number of thioether (sulfide) groups is 1. The maximum atomic E-state index is 13.1. The predicted octanol–water partition coefficient (Wildman–Crippen LogP) is 5.03. The van der Waals surface area contributed by atoms with Gasteiger partial charge in [-0.05, 0) is 60.7 Å². The van der Waals surface area contributed by atoms with Crippen LogP contribution in [0, 0.1) is 0 Å². The van der Waals surface area contributed by atoms with E-state index in [-0.39, 0.29) is 17.8 Å². The van der Waals surface area contributed by atoms with Gasteiger partial charge in [0.2, 0.25) is 12.7 Å². The number of ether oxygens (including phenoxy) is 3. The van der Waals surface area contributed by atoms with Crippen molar-refractivity contribution in [2.45, 2.75) is 20.0 Å². The number of benzene rings is 3. The van der Waals surface area contributed by atoms with Crippen LogP contribution in [0.4, 0.5) is 10.5 Å². The third-order valence-electron chi connectivity index (χ3n) is 5.40. The first kappa shape index (κ1) is 22.8. The first-order valence-corrected chi connectivity index (χ1v) is 11.8. The van der Waals surface area contributed by atoms with Gasteiger partial charge in [-0.2, -0.15) is 0 Å². The molecule has 0 saturated carbocycles. The Morgan fingerprint density at radius 2 is 1.91 bits per heavy atom. The zero-order valence-corrected chi connectivity index (χ0v) is 19.9. The highest BCUT2D eigenvalue weighted by molar-refractivity contribution is 8.18. The maximum Gasteiger partial charge on any atom is 0.294 e. The number of imide groups is 1. The van der Waals surface area contributed by atoms with E-state index in [1.54, 1.807) is 24.3 Å². The third-order valence-corrected chi connectivity index (χ3v) is 6.31. The van der Waals surface area contributed by atoms with E-state index in [9.17, 15) is 14.4 Å². The van der Waals surface area contributed by atoms with Gasteiger partial charge in [-0.15, -0.1) is 0 Å². The zero-order chi connectivity index (χ0) is 24.5. The lowest BCUT2D eigenvalue weighted by molar-refractivity contribution is -0.127. The molecule has 178 valence electrons. The minimum atomic E-state index is -0.524. The van der Waals surface area contributed by atoms with Crippen LogP contribution in [0.15, 0.2) is 59.5 Å². The minimum Gasteiger partial charge on any atom is -0.490 e. The van der Waals surface area contributed by atoms with E-state index in [1.807, 2.05) is 50.2 Å². The Morgan fingerprint density at radius 1 is 1.11 bits per heavy atom. The van der Waals surface area contributed by atoms with Crippen LogP contribution in [0.5, 0.6) is 17.2 Å². The van der Waals surface area contributed by atoms with E-state index >= 15 is 0 Å². The van der Waals surface area contributed by atoms with E-state index in [1.165, 1.54) is 0 Å². The molecule has 0 aliphatic carbocycles. The van der Waals surface area contributed by atoms with Crippen molar-refractivity contribution < 1.29 is 28.6 Å². The summed E-state index contributed by atoms with van der Waals surface area (Å²) in [5.41, 5.74) is 1.19. The molecule has 0 aromatic heterocycles. The van der Waals surface area contributed by atoms with Crippen molar-refractivity contribution in [3.63, 3.8) is 0 Å². The van der Waals surface area contributed by atoms with Gasteiger partial charge in [-0.25, -0.2) is 0 Å². The molecule has 1 N–H and O–H groups in total. The van der Waals surface area contributed by atoms with Gasteiger partial charge >= 0.3 is 0 Å². The number of rotatable bonds is 6. The molecule has 0 spiro atoms. The van der Waals surface area contributed by atoms with Crippen molar-refractivity contribution >= 4 is 51.4 Å². The Kier molecular flexibility index (Phi) is 6.08. The fraction of sp³-hybridized carbons (Fsp3) is 0.192. The first-order valence-electron chi connectivity index (χ1n) is 11.0. The van der Waals surface area contributed by atoms with Gasteiger partial charge < -0.3 is 19.5 Å². The Hall–Kier alpha value is -3.98. The monoisotopic (exact) mass is 490 g/mol. The molecule has 3 amide bonds. The second-order valence-electron chi connectivity index (χ2n) is 8.25. The lowest BCUT2D eigenvalue weighted by Gasteiger charge is -2.15. The van der Waals surface area contributed by atoms with E-state index in [2.05, 4.69) is 5.32 Å². The number of anilines is 1. The Bertz CT molecular complexity index is 1380. The van der Waals surface area contributed by atoms with Crippen LogP contribution in [0.3, 0.4) is 0 Å². The van der Waals surface area contributed by atoms with Gasteiger partial charge in [-0.3, -0.25) is 19.3 Å². The number of carbonyl (C=O) groups is 3. The summed E-state index contributed by atoms with van der Waals surface area (Å²) < 4.78 is 16.5. The van der Waals surface area contributed by atoms with E-state index < -0.39 is 23.6 Å². The summed E-state index contributed by atoms with van der Waals surface area (Å²) in [6.45, 7) is 3.56. The molecular formula is C26H22N2O6S. The summed E-state index contributed by atoms with van der Waals surface area (Å²) in [6, 6.07) is 16.5. The summed E-state index contributed by atoms with van der Waals surface area (Å²) in [5.74, 6) is 0.705. The van der Waals surface area contributed by atoms with Crippen LogP contribution in [0.2, 0.25) is 0 Å². The molecule has 3 aromatic carbocycles. The maximum absolute atomic E-state index is 13.1. The van der Waals surface area contributed by atoms with Crippen LogP contribution >= 0.6 is 11.8 Å². The second kappa shape index (κ2) is 9.34. The average molecular weight is 491 g/mol. The van der Waals surface area contributed by atoms with Crippen LogP contribution in [-0.4, -0.2) is 41.4 Å². The molecule has 35 heavy (non-hydrogen) atoms. The fourth-order valence-corrected chi connectivity index (χ4v) is 4.69. The van der Waals surface area contributed by atoms with Crippen LogP contribution in [0.25, 0.3) is 16.8 Å². The summed E-state index contributed by atoms with van der Waals surface area (Å²) in [7, 11) is 0. The normalized spacial score (nSPS) is 16.0. The topological polar surface area (TPSA) is 94.2 Å². The number of hydrogen-bond acceptors (Lipinski definition) is 7. The number of nitrogens with one attached hydrogen (secondary N) is 1. The second-order valence-corrected chi connectivity index (χ2v) is 9.24. The molecule has 1 fully saturated rings. The van der Waals surface area contributed by atoms with Gasteiger partial charge in [-0.1, -0.05) is 30.3 Å². The number of hydrogen-bond donors (Lipinski definition) is 1. The molecule has 1 saturated heterocycles. The van der Waals surface area contributed by atoms with Crippen LogP contribution in [0.1, 0.15) is 19.4 Å². The lowest BCUT2D eigenvalue weighted by Crippen LogP contribution is -2.36. The number of carbonyl (C=O) groups excluding carboxylic acids is 3. The molecule has 0 bridgehead atoms. The van der Waals surface area contributed by atoms with Gasteiger partial charge in [0.05, 0.1) is 11.0 Å². The summed E-state index contributed by atoms with van der Waals surface area (Å²) in [6.07, 6.45) is 1.60. The van der Waals surface area contributed by atoms with Gasteiger partial charge in [0.15, 0.2) is 11.5 Å². The molecule has 9 heteroatoms. The van der Waals surface area contributed by atoms with E-state index in [0.717, 1.165) is 27.4 Å². The molecule has 0 atom stereocenters. The molecule has 0 radical (unpaired) electrons. The van der Waals surface area contributed by atoms with Crippen LogP contribution < -0.4 is 19.5 Å². The summed E-state index contributed by atoms with van der Waals surface area (Å²) >= 11 is 0.804. The zero-order valence-electron chi connectivity index (χ0n) is 19.1. The van der Waals surface area contributed by atoms with Crippen molar-refractivity contribution in [1.82, 2.24) is 4.90 Å². The molecule has 0 unspecified atom stereocenters. The number of amides is 3. The minimum absolute atomic E-state index is 0.0711. The van der Waals surface area contributed by atoms with Gasteiger partial charge in [0.1, 0.15) is 12.3 Å². The predicted molar refractivity (Wildman–Crippen MR) is 134 cm³/mol. The fourth-order valence-electron chi connectivity index (χ4n) is 3.87. The van der Waals surface area contributed by atoms with Gasteiger partial charge in [0, 0.05) is 17.3 Å². The Morgan fingerprint density at radius 3 is 2.74 bits per heavy atom. The highest BCUT2D eigenvalue weighted by Crippen LogP contribution is 2.37. The lowest BCUT2D eigenvalue weighted by atomic mass is 10.0. The van der Waals surface area contributed by atoms with Crippen LogP contribution in [-0.2, 0) is 9.59 Å². The van der Waals surface area contributed by atoms with E-state index in [0.29, 0.717) is 28.5 Å². The molecule has 2 aliphatic heterocycles. The summed E-state index contributed by atoms with van der Waals surface area (Å²) in [4.78, 5) is 39.5. The molecule has 8 nitrogen and oxygen atoms in total. The smallest absolute Gasteiger partial charge is 0.294 e. The SMILES string of the molecule is CC(C)Oc1ccc2ccccc2c1/C=C1\SC(=O)N(CC(=O)Nc2ccc3c(c2)OCO3)C1=O. The molecule has 3 aromatic rings. The Balaban J connectivity index is 1.37. The number of nitrogens with zero attached hydrogens (tertiary/aromatic N) is 1. The molecular weight excluding hydrogens is 468 g/mol. The van der Waals surface area contributed by atoms with E-state index in [4.69, 9.17) is 14.2 Å². The molecule has 5 rings (SSSR count). The summed E-state index contributed by atoms with van der Waals surface area (Å²) in [5, 5.41) is 4.07. The molecule has 2 aliphatic rings. The first-order chi connectivity index (χ1) is 16.9. The third kappa shape index (κ3) is 4.67. The van der Waals surface area contributed by atoms with Crippen molar-refractivity contribution in [2.75, 3.05) is 18.7 Å². The highest BCUT2D eigenvalue weighted by Gasteiger charge is 2.36. The van der Waals surface area contributed by atoms with Crippen molar-refractivity contribution in [3.8, 4) is 17.2 Å². The van der Waals surface area contributed by atoms with Crippen molar-refractivity contribution in [1.29, 1.82) is 0 Å². The Labute approximate surface area is 205 Å². The van der Waals surface area contributed by atoms with Gasteiger partial charge in [0.25, 0.3) is 11.1 Å². The molecule has 2 heterocycles. The largest absolute Gasteiger partial charge is 0.490 e. The van der Waals surface area contributed by atoms with Crippen molar-refractivity contribution in [3.05, 3.63) is 65.1 Å².